The molecule has 2 saturated heterocycles. The van der Waals surface area contributed by atoms with Crippen LogP contribution in [-0.4, -0.2) is 52.8 Å². The number of aryl methyl sites for hydroxylation is 1. The smallest absolute Gasteiger partial charge is 0.335 e. The lowest BCUT2D eigenvalue weighted by molar-refractivity contribution is -0.143. The molecule has 1 spiro atoms. The summed E-state index contributed by atoms with van der Waals surface area (Å²) in [5.74, 6) is 0.677. The highest BCUT2D eigenvalue weighted by molar-refractivity contribution is 5.86. The van der Waals surface area contributed by atoms with E-state index in [0.717, 1.165) is 41.7 Å². The number of piperazine rings is 1. The van der Waals surface area contributed by atoms with Crippen LogP contribution in [0.2, 0.25) is 0 Å². The second-order valence-electron chi connectivity index (χ2n) is 12.3. The molecule has 1 saturated carbocycles. The lowest BCUT2D eigenvalue weighted by Crippen LogP contribution is -2.57. The SMILES string of the molecule is CC.Cc1ccccc1C1C2CC3(CCC(C)CC3)C(=O)N2CCN1C(=O)N(C)Cc1cc(C(F)(F)F)cc(C(F)(F)F)c1. The molecule has 2 aromatic rings. The van der Waals surface area contributed by atoms with Crippen molar-refractivity contribution in [1.82, 2.24) is 14.7 Å². The standard InChI is InChI=1S/C31H35F6N3O2.C2H6/c1-19-8-10-29(11-9-19)17-25-26(24-7-5-4-6-20(24)2)40(13-12-39(25)27(29)41)28(42)38(3)18-21-14-22(30(32,33)34)16-23(15-21)31(35,36)37;1-2/h4-7,14-16,19,25-26H,8-13,17-18H2,1-3H3;1-2H3. The fourth-order valence-corrected chi connectivity index (χ4v) is 7.08. The first-order valence-electron chi connectivity index (χ1n) is 15.3. The van der Waals surface area contributed by atoms with E-state index in [9.17, 15) is 35.9 Å². The number of halogens is 6. The van der Waals surface area contributed by atoms with Gasteiger partial charge < -0.3 is 14.7 Å². The van der Waals surface area contributed by atoms with Gasteiger partial charge in [0, 0.05) is 26.7 Å². The van der Waals surface area contributed by atoms with Crippen LogP contribution in [0.4, 0.5) is 31.1 Å². The largest absolute Gasteiger partial charge is 0.416 e. The molecule has 0 N–H and O–H groups in total. The van der Waals surface area contributed by atoms with E-state index in [2.05, 4.69) is 6.92 Å². The number of hydrogen-bond acceptors (Lipinski definition) is 2. The molecule has 2 atom stereocenters. The minimum Gasteiger partial charge on any atom is -0.335 e. The van der Waals surface area contributed by atoms with Crippen molar-refractivity contribution >= 4 is 11.9 Å². The number of urea groups is 1. The third-order valence-electron chi connectivity index (χ3n) is 9.37. The Labute approximate surface area is 255 Å². The van der Waals surface area contributed by atoms with Crippen molar-refractivity contribution in [2.75, 3.05) is 20.1 Å². The monoisotopic (exact) mass is 625 g/mol. The Morgan fingerprint density at radius 3 is 2.07 bits per heavy atom. The summed E-state index contributed by atoms with van der Waals surface area (Å²) >= 11 is 0. The third-order valence-corrected chi connectivity index (χ3v) is 9.37. The van der Waals surface area contributed by atoms with E-state index >= 15 is 0 Å². The van der Waals surface area contributed by atoms with Crippen molar-refractivity contribution in [3.8, 4) is 0 Å². The Bertz CT molecular complexity index is 1320. The number of carbonyl (C=O) groups is 2. The molecule has 2 heterocycles. The molecule has 242 valence electrons. The normalized spacial score (nSPS) is 25.4. The van der Waals surface area contributed by atoms with Crippen molar-refractivity contribution < 1.29 is 35.9 Å². The maximum Gasteiger partial charge on any atom is 0.416 e. The van der Waals surface area contributed by atoms with E-state index in [1.807, 2.05) is 49.9 Å². The van der Waals surface area contributed by atoms with E-state index in [4.69, 9.17) is 0 Å². The van der Waals surface area contributed by atoms with Crippen LogP contribution in [-0.2, 0) is 23.7 Å². The third kappa shape index (κ3) is 6.56. The number of rotatable bonds is 3. The second kappa shape index (κ2) is 12.6. The number of alkyl halides is 6. The summed E-state index contributed by atoms with van der Waals surface area (Å²) < 4.78 is 80.6. The molecule has 5 rings (SSSR count). The molecule has 3 fully saturated rings. The van der Waals surface area contributed by atoms with E-state index < -0.39 is 47.5 Å². The van der Waals surface area contributed by atoms with Crippen molar-refractivity contribution in [3.63, 3.8) is 0 Å². The second-order valence-corrected chi connectivity index (χ2v) is 12.3. The van der Waals surface area contributed by atoms with Crippen molar-refractivity contribution in [3.05, 3.63) is 70.3 Å². The highest BCUT2D eigenvalue weighted by Gasteiger charge is 2.57. The van der Waals surface area contributed by atoms with Crippen LogP contribution >= 0.6 is 0 Å². The quantitative estimate of drug-likeness (QED) is 0.321. The average Bonchev–Trinajstić information content (AvgIpc) is 3.25. The Hall–Kier alpha value is -3.24. The summed E-state index contributed by atoms with van der Waals surface area (Å²) in [6.07, 6.45) is -5.84. The Morgan fingerprint density at radius 2 is 1.52 bits per heavy atom. The fourth-order valence-electron chi connectivity index (χ4n) is 7.08. The van der Waals surface area contributed by atoms with Gasteiger partial charge in [-0.05, 0) is 79.8 Å². The Kier molecular flexibility index (Phi) is 9.66. The molecule has 2 unspecified atom stereocenters. The average molecular weight is 626 g/mol. The summed E-state index contributed by atoms with van der Waals surface area (Å²) in [6.45, 7) is 8.20. The molecule has 0 bridgehead atoms. The fraction of sp³-hybridized carbons (Fsp3) is 0.576. The number of amides is 3. The zero-order chi connectivity index (χ0) is 32.6. The lowest BCUT2D eigenvalue weighted by Gasteiger charge is -2.46. The molecule has 1 aliphatic carbocycles. The van der Waals surface area contributed by atoms with Crippen LogP contribution in [0.5, 0.6) is 0 Å². The molecule has 3 amide bonds. The van der Waals surface area contributed by atoms with E-state index in [1.54, 1.807) is 4.90 Å². The molecule has 44 heavy (non-hydrogen) atoms. The molecular formula is C33H41F6N3O2. The summed E-state index contributed by atoms with van der Waals surface area (Å²) in [5, 5.41) is 0. The van der Waals surface area contributed by atoms with Crippen LogP contribution in [0.15, 0.2) is 42.5 Å². The maximum absolute atomic E-state index is 13.9. The van der Waals surface area contributed by atoms with Gasteiger partial charge in [-0.15, -0.1) is 0 Å². The van der Waals surface area contributed by atoms with Crippen LogP contribution in [0.1, 0.15) is 86.7 Å². The molecule has 0 aromatic heterocycles. The molecule has 11 heteroatoms. The Morgan fingerprint density at radius 1 is 0.955 bits per heavy atom. The summed E-state index contributed by atoms with van der Waals surface area (Å²) in [7, 11) is 1.38. The molecule has 2 aromatic carbocycles. The molecule has 2 aliphatic heterocycles. The van der Waals surface area contributed by atoms with Gasteiger partial charge >= 0.3 is 18.4 Å². The minimum absolute atomic E-state index is 0.0811. The van der Waals surface area contributed by atoms with Gasteiger partial charge in [0.1, 0.15) is 0 Å². The first-order chi connectivity index (χ1) is 20.6. The van der Waals surface area contributed by atoms with E-state index in [1.165, 1.54) is 7.05 Å². The van der Waals surface area contributed by atoms with Crippen molar-refractivity contribution in [1.29, 1.82) is 0 Å². The Balaban J connectivity index is 0.00000216. The van der Waals surface area contributed by atoms with E-state index in [0.29, 0.717) is 31.0 Å². The highest BCUT2D eigenvalue weighted by Crippen LogP contribution is 2.53. The molecule has 5 nitrogen and oxygen atoms in total. The molecule has 0 radical (unpaired) electrons. The number of benzene rings is 2. The zero-order valence-electron chi connectivity index (χ0n) is 25.9. The summed E-state index contributed by atoms with van der Waals surface area (Å²) in [4.78, 5) is 32.4. The van der Waals surface area contributed by atoms with Crippen molar-refractivity contribution in [2.24, 2.45) is 11.3 Å². The van der Waals surface area contributed by atoms with Gasteiger partial charge in [0.15, 0.2) is 0 Å². The minimum atomic E-state index is -4.98. The maximum atomic E-state index is 13.9. The number of hydrogen-bond donors (Lipinski definition) is 0. The van der Waals surface area contributed by atoms with Gasteiger partial charge in [-0.1, -0.05) is 45.0 Å². The number of carbonyl (C=O) groups excluding carboxylic acids is 2. The van der Waals surface area contributed by atoms with Gasteiger partial charge in [0.05, 0.1) is 28.6 Å². The predicted molar refractivity (Wildman–Crippen MR) is 155 cm³/mol. The lowest BCUT2D eigenvalue weighted by atomic mass is 9.68. The first kappa shape index (κ1) is 33.6. The first-order valence-corrected chi connectivity index (χ1v) is 15.3. The summed E-state index contributed by atoms with van der Waals surface area (Å²) in [6, 6.07) is 7.70. The van der Waals surface area contributed by atoms with Crippen LogP contribution in [0.3, 0.4) is 0 Å². The number of nitrogens with zero attached hydrogens (tertiary/aromatic N) is 3. The van der Waals surface area contributed by atoms with E-state index in [-0.39, 0.29) is 30.1 Å². The summed E-state index contributed by atoms with van der Waals surface area (Å²) in [5.41, 5.74) is -1.77. The van der Waals surface area contributed by atoms with Gasteiger partial charge in [-0.25, -0.2) is 4.79 Å². The number of fused-ring (bicyclic) bond motifs is 1. The van der Waals surface area contributed by atoms with Crippen LogP contribution in [0, 0.1) is 18.3 Å². The van der Waals surface area contributed by atoms with Gasteiger partial charge in [0.2, 0.25) is 5.91 Å². The van der Waals surface area contributed by atoms with Crippen molar-refractivity contribution in [2.45, 2.75) is 90.8 Å². The molecular weight excluding hydrogens is 584 g/mol. The zero-order valence-corrected chi connectivity index (χ0v) is 25.9. The topological polar surface area (TPSA) is 43.9 Å². The van der Waals surface area contributed by atoms with Gasteiger partial charge in [-0.3, -0.25) is 4.79 Å². The molecule has 3 aliphatic rings. The van der Waals surface area contributed by atoms with Gasteiger partial charge in [0.25, 0.3) is 0 Å². The highest BCUT2D eigenvalue weighted by atomic mass is 19.4. The van der Waals surface area contributed by atoms with Crippen LogP contribution < -0.4 is 0 Å². The van der Waals surface area contributed by atoms with Gasteiger partial charge in [-0.2, -0.15) is 26.3 Å². The van der Waals surface area contributed by atoms with Crippen LogP contribution in [0.25, 0.3) is 0 Å². The predicted octanol–water partition coefficient (Wildman–Crippen LogP) is 8.46.